The molecule has 0 aromatic heterocycles. The molecule has 0 radical (unpaired) electrons. The Hall–Kier alpha value is -2.31. The summed E-state index contributed by atoms with van der Waals surface area (Å²) in [5, 5.41) is 0.992. The summed E-state index contributed by atoms with van der Waals surface area (Å²) >= 11 is 1.77. The molecule has 2 aromatic rings. The number of hydrogen-bond donors (Lipinski definition) is 0. The Morgan fingerprint density at radius 1 is 0.969 bits per heavy atom. The van der Waals surface area contributed by atoms with Crippen LogP contribution in [-0.2, 0) is 15.2 Å². The predicted molar refractivity (Wildman–Crippen MR) is 133 cm³/mol. The van der Waals surface area contributed by atoms with E-state index in [0.29, 0.717) is 25.4 Å². The molecule has 1 fully saturated rings. The molecule has 0 atom stereocenters. The van der Waals surface area contributed by atoms with Crippen LogP contribution >= 0.6 is 11.8 Å². The first-order valence-electron chi connectivity index (χ1n) is 11.2. The van der Waals surface area contributed by atoms with Crippen molar-refractivity contribution in [3.8, 4) is 0 Å². The summed E-state index contributed by atoms with van der Waals surface area (Å²) in [6.07, 6.45) is 0. The van der Waals surface area contributed by atoms with Crippen LogP contribution in [0.2, 0.25) is 0 Å². The van der Waals surface area contributed by atoms with Gasteiger partial charge in [0.25, 0.3) is 0 Å². The molecule has 2 aromatic carbocycles. The molecule has 1 aliphatic heterocycles. The lowest BCUT2D eigenvalue weighted by molar-refractivity contribution is 0.0526. The van der Waals surface area contributed by atoms with Gasteiger partial charge in [-0.2, -0.15) is 0 Å². The SMILES string of the molecule is CCOC(=O)c1ccc(N=C(SCc2c(C)c(C)c(C)c(C)c2C)N2CCOCC2)cc1. The van der Waals surface area contributed by atoms with Gasteiger partial charge in [-0.3, -0.25) is 0 Å². The fourth-order valence-electron chi connectivity index (χ4n) is 3.88. The highest BCUT2D eigenvalue weighted by Crippen LogP contribution is 2.30. The third kappa shape index (κ3) is 5.54. The lowest BCUT2D eigenvalue weighted by Crippen LogP contribution is -2.39. The topological polar surface area (TPSA) is 51.1 Å². The van der Waals surface area contributed by atoms with Crippen LogP contribution in [0.4, 0.5) is 5.69 Å². The molecule has 6 heteroatoms. The zero-order valence-electron chi connectivity index (χ0n) is 20.1. The van der Waals surface area contributed by atoms with Crippen molar-refractivity contribution < 1.29 is 14.3 Å². The van der Waals surface area contributed by atoms with Gasteiger partial charge in [0.1, 0.15) is 0 Å². The molecule has 0 unspecified atom stereocenters. The molecule has 1 saturated heterocycles. The third-order valence-electron chi connectivity index (χ3n) is 6.39. The summed E-state index contributed by atoms with van der Waals surface area (Å²) in [5.41, 5.74) is 9.66. The smallest absolute Gasteiger partial charge is 0.338 e. The lowest BCUT2D eigenvalue weighted by atomic mass is 9.90. The minimum Gasteiger partial charge on any atom is -0.462 e. The molecule has 0 amide bonds. The van der Waals surface area contributed by atoms with Crippen LogP contribution in [0, 0.1) is 34.6 Å². The number of aliphatic imine (C=N–C) groups is 1. The van der Waals surface area contributed by atoms with E-state index in [2.05, 4.69) is 39.5 Å². The number of hydrogen-bond acceptors (Lipinski definition) is 5. The molecule has 0 aliphatic carbocycles. The van der Waals surface area contributed by atoms with Gasteiger partial charge in [-0.25, -0.2) is 9.79 Å². The van der Waals surface area contributed by atoms with E-state index in [1.807, 2.05) is 19.1 Å². The number of rotatable bonds is 5. The monoisotopic (exact) mass is 454 g/mol. The number of amidine groups is 1. The number of nitrogens with zero attached hydrogens (tertiary/aromatic N) is 2. The van der Waals surface area contributed by atoms with Crippen LogP contribution in [-0.4, -0.2) is 48.9 Å². The largest absolute Gasteiger partial charge is 0.462 e. The Morgan fingerprint density at radius 3 is 2.09 bits per heavy atom. The van der Waals surface area contributed by atoms with Crippen LogP contribution in [0.15, 0.2) is 29.3 Å². The number of benzene rings is 2. The Labute approximate surface area is 196 Å². The molecule has 5 nitrogen and oxygen atoms in total. The minimum absolute atomic E-state index is 0.304. The minimum atomic E-state index is -0.304. The second-order valence-electron chi connectivity index (χ2n) is 8.15. The van der Waals surface area contributed by atoms with Crippen molar-refractivity contribution in [1.29, 1.82) is 0 Å². The first kappa shape index (κ1) is 24.3. The van der Waals surface area contributed by atoms with E-state index < -0.39 is 0 Å². The standard InChI is InChI=1S/C26H34N2O3S/c1-7-31-25(29)22-8-10-23(11-9-22)27-26(28-12-14-30-15-13-28)32-16-24-20(5)18(3)17(2)19(4)21(24)6/h8-11H,7,12-16H2,1-6H3. The fourth-order valence-corrected chi connectivity index (χ4v) is 5.12. The van der Waals surface area contributed by atoms with Gasteiger partial charge in [-0.1, -0.05) is 11.8 Å². The Morgan fingerprint density at radius 2 is 1.53 bits per heavy atom. The highest BCUT2D eigenvalue weighted by atomic mass is 32.2. The van der Waals surface area contributed by atoms with Crippen molar-refractivity contribution in [3.63, 3.8) is 0 Å². The second kappa shape index (κ2) is 11.0. The number of carbonyl (C=O) groups is 1. The number of morpholine rings is 1. The maximum atomic E-state index is 11.9. The third-order valence-corrected chi connectivity index (χ3v) is 7.43. The first-order valence-corrected chi connectivity index (χ1v) is 12.2. The second-order valence-corrected chi connectivity index (χ2v) is 9.10. The molecular weight excluding hydrogens is 420 g/mol. The quantitative estimate of drug-likeness (QED) is 0.332. The summed E-state index contributed by atoms with van der Waals surface area (Å²) in [4.78, 5) is 19.2. The zero-order chi connectivity index (χ0) is 23.3. The maximum absolute atomic E-state index is 11.9. The van der Waals surface area contributed by atoms with Gasteiger partial charge in [0, 0.05) is 18.8 Å². The van der Waals surface area contributed by atoms with Gasteiger partial charge in [0.2, 0.25) is 0 Å². The summed E-state index contributed by atoms with van der Waals surface area (Å²) in [5.74, 6) is 0.568. The van der Waals surface area contributed by atoms with Crippen molar-refractivity contribution in [3.05, 3.63) is 63.2 Å². The average molecular weight is 455 g/mol. The van der Waals surface area contributed by atoms with E-state index in [0.717, 1.165) is 29.7 Å². The van der Waals surface area contributed by atoms with Gasteiger partial charge in [-0.05, 0) is 99.2 Å². The molecule has 0 bridgehead atoms. The van der Waals surface area contributed by atoms with E-state index in [4.69, 9.17) is 14.5 Å². The molecule has 172 valence electrons. The van der Waals surface area contributed by atoms with E-state index in [1.54, 1.807) is 23.9 Å². The zero-order valence-corrected chi connectivity index (χ0v) is 20.9. The van der Waals surface area contributed by atoms with Crippen molar-refractivity contribution in [2.45, 2.75) is 47.3 Å². The number of ether oxygens (including phenoxy) is 2. The average Bonchev–Trinajstić information content (AvgIpc) is 2.81. The van der Waals surface area contributed by atoms with Crippen molar-refractivity contribution in [1.82, 2.24) is 4.90 Å². The van der Waals surface area contributed by atoms with Crippen molar-refractivity contribution in [2.24, 2.45) is 4.99 Å². The molecule has 0 N–H and O–H groups in total. The molecular formula is C26H34N2O3S. The Bertz CT molecular complexity index is 964. The van der Waals surface area contributed by atoms with E-state index in [9.17, 15) is 4.79 Å². The van der Waals surface area contributed by atoms with Gasteiger partial charge in [-0.15, -0.1) is 0 Å². The molecule has 32 heavy (non-hydrogen) atoms. The molecule has 1 heterocycles. The van der Waals surface area contributed by atoms with Crippen molar-refractivity contribution in [2.75, 3.05) is 32.9 Å². The highest BCUT2D eigenvalue weighted by Gasteiger charge is 2.19. The molecule has 0 spiro atoms. The Balaban J connectivity index is 1.87. The van der Waals surface area contributed by atoms with Crippen LogP contribution < -0.4 is 0 Å². The summed E-state index contributed by atoms with van der Waals surface area (Å²) in [6, 6.07) is 7.31. The lowest BCUT2D eigenvalue weighted by Gasteiger charge is -2.30. The Kier molecular flexibility index (Phi) is 8.38. The van der Waals surface area contributed by atoms with Gasteiger partial charge in [0.05, 0.1) is 31.1 Å². The van der Waals surface area contributed by atoms with Crippen molar-refractivity contribution >= 4 is 28.6 Å². The molecule has 1 aliphatic rings. The number of esters is 1. The van der Waals surface area contributed by atoms with E-state index in [-0.39, 0.29) is 5.97 Å². The number of thioether (sulfide) groups is 1. The number of carbonyl (C=O) groups excluding carboxylic acids is 1. The van der Waals surface area contributed by atoms with Crippen LogP contribution in [0.1, 0.15) is 50.7 Å². The highest BCUT2D eigenvalue weighted by molar-refractivity contribution is 8.13. The molecule has 3 rings (SSSR count). The van der Waals surface area contributed by atoms with Gasteiger partial charge in [0.15, 0.2) is 5.17 Å². The fraction of sp³-hybridized carbons (Fsp3) is 0.462. The normalized spacial score (nSPS) is 14.6. The van der Waals surface area contributed by atoms with Crippen LogP contribution in [0.25, 0.3) is 0 Å². The molecule has 0 saturated carbocycles. The first-order chi connectivity index (χ1) is 15.3. The van der Waals surface area contributed by atoms with Crippen LogP contribution in [0.3, 0.4) is 0 Å². The van der Waals surface area contributed by atoms with Gasteiger partial charge >= 0.3 is 5.97 Å². The predicted octanol–water partition coefficient (Wildman–Crippen LogP) is 5.66. The summed E-state index contributed by atoms with van der Waals surface area (Å²) in [6.45, 7) is 16.4. The van der Waals surface area contributed by atoms with Gasteiger partial charge < -0.3 is 14.4 Å². The van der Waals surface area contributed by atoms with E-state index in [1.165, 1.54) is 33.4 Å². The van der Waals surface area contributed by atoms with Crippen LogP contribution in [0.5, 0.6) is 0 Å². The summed E-state index contributed by atoms with van der Waals surface area (Å²) < 4.78 is 10.6. The maximum Gasteiger partial charge on any atom is 0.338 e. The summed E-state index contributed by atoms with van der Waals surface area (Å²) in [7, 11) is 0. The van der Waals surface area contributed by atoms with E-state index >= 15 is 0 Å².